The predicted octanol–water partition coefficient (Wildman–Crippen LogP) is 1.62. The summed E-state index contributed by atoms with van der Waals surface area (Å²) in [6, 6.07) is 6.39. The van der Waals surface area contributed by atoms with Gasteiger partial charge >= 0.3 is 0 Å². The highest BCUT2D eigenvalue weighted by atomic mass is 35.5. The van der Waals surface area contributed by atoms with Gasteiger partial charge in [0.05, 0.1) is 5.69 Å². The van der Waals surface area contributed by atoms with Crippen LogP contribution in [0.25, 0.3) is 5.69 Å². The number of aryl methyl sites for hydroxylation is 1. The van der Waals surface area contributed by atoms with Crippen molar-refractivity contribution in [2.24, 2.45) is 0 Å². The molecule has 0 radical (unpaired) electrons. The summed E-state index contributed by atoms with van der Waals surface area (Å²) in [6.45, 7) is 2.25. The number of benzene rings is 1. The number of hydrogen-bond acceptors (Lipinski definition) is 4. The Morgan fingerprint density at radius 2 is 2.16 bits per heavy atom. The van der Waals surface area contributed by atoms with E-state index >= 15 is 0 Å². The van der Waals surface area contributed by atoms with Gasteiger partial charge in [0.1, 0.15) is 11.4 Å². The normalized spacial score (nSPS) is 10.7. The van der Waals surface area contributed by atoms with Crippen molar-refractivity contribution in [3.8, 4) is 11.4 Å². The summed E-state index contributed by atoms with van der Waals surface area (Å²) < 4.78 is 1.22. The quantitative estimate of drug-likeness (QED) is 0.896. The highest BCUT2D eigenvalue weighted by Crippen LogP contribution is 2.19. The van der Waals surface area contributed by atoms with Crippen LogP contribution < -0.4 is 10.9 Å². The van der Waals surface area contributed by atoms with Gasteiger partial charge in [-0.3, -0.25) is 4.79 Å². The zero-order valence-corrected chi connectivity index (χ0v) is 11.4. The van der Waals surface area contributed by atoms with Gasteiger partial charge in [0.25, 0.3) is 5.56 Å². The fourth-order valence-electron chi connectivity index (χ4n) is 1.67. The first-order chi connectivity index (χ1) is 9.02. The van der Waals surface area contributed by atoms with Crippen molar-refractivity contribution < 1.29 is 5.11 Å². The molecule has 0 saturated heterocycles. The third kappa shape index (κ3) is 2.77. The van der Waals surface area contributed by atoms with E-state index in [1.807, 2.05) is 13.0 Å². The number of nitrogens with one attached hydrogen (secondary N) is 1. The number of aromatic hydroxyl groups is 1. The number of nitrogens with zero attached hydrogens (tertiary/aromatic N) is 2. The van der Waals surface area contributed by atoms with Crippen LogP contribution in [0.4, 0.5) is 0 Å². The summed E-state index contributed by atoms with van der Waals surface area (Å²) in [5.41, 5.74) is 1.49. The van der Waals surface area contributed by atoms with E-state index in [4.69, 9.17) is 11.6 Å². The van der Waals surface area contributed by atoms with Crippen LogP contribution in [0, 0.1) is 6.92 Å². The third-order valence-electron chi connectivity index (χ3n) is 2.73. The van der Waals surface area contributed by atoms with Gasteiger partial charge in [-0.05, 0) is 31.7 Å². The summed E-state index contributed by atoms with van der Waals surface area (Å²) >= 11 is 6.04. The van der Waals surface area contributed by atoms with Crippen molar-refractivity contribution >= 4 is 11.6 Å². The first-order valence-corrected chi connectivity index (χ1v) is 6.14. The molecule has 6 heteroatoms. The van der Waals surface area contributed by atoms with Crippen LogP contribution in [-0.2, 0) is 6.54 Å². The molecule has 0 saturated carbocycles. The molecule has 2 N–H and O–H groups in total. The monoisotopic (exact) mass is 279 g/mol. The number of rotatable bonds is 3. The van der Waals surface area contributed by atoms with E-state index in [0.29, 0.717) is 22.9 Å². The summed E-state index contributed by atoms with van der Waals surface area (Å²) in [7, 11) is 1.74. The maximum absolute atomic E-state index is 11.9. The van der Waals surface area contributed by atoms with Gasteiger partial charge in [-0.15, -0.1) is 0 Å². The Morgan fingerprint density at radius 1 is 1.42 bits per heavy atom. The zero-order valence-electron chi connectivity index (χ0n) is 10.6. The second-order valence-corrected chi connectivity index (χ2v) is 4.60. The van der Waals surface area contributed by atoms with E-state index in [-0.39, 0.29) is 5.75 Å². The molecule has 0 atom stereocenters. The van der Waals surface area contributed by atoms with E-state index in [1.165, 1.54) is 4.68 Å². The molecular formula is C13H14ClN3O2. The van der Waals surface area contributed by atoms with Crippen LogP contribution in [0.15, 0.2) is 29.1 Å². The molecule has 2 rings (SSSR count). The van der Waals surface area contributed by atoms with Crippen LogP contribution >= 0.6 is 11.6 Å². The molecule has 2 aromatic rings. The van der Waals surface area contributed by atoms with Gasteiger partial charge in [-0.2, -0.15) is 9.78 Å². The number of hydrogen-bond donors (Lipinski definition) is 2. The lowest BCUT2D eigenvalue weighted by molar-refractivity contribution is 0.454. The van der Waals surface area contributed by atoms with Crippen molar-refractivity contribution in [3.63, 3.8) is 0 Å². The van der Waals surface area contributed by atoms with Gasteiger partial charge in [0.2, 0.25) is 0 Å². The molecule has 1 heterocycles. The summed E-state index contributed by atoms with van der Waals surface area (Å²) in [4.78, 5) is 11.9. The Labute approximate surface area is 115 Å². The van der Waals surface area contributed by atoms with Crippen LogP contribution in [0.2, 0.25) is 5.02 Å². The van der Waals surface area contributed by atoms with Gasteiger partial charge in [0, 0.05) is 17.6 Å². The molecular weight excluding hydrogens is 266 g/mol. The van der Waals surface area contributed by atoms with E-state index in [1.54, 1.807) is 19.2 Å². The summed E-state index contributed by atoms with van der Waals surface area (Å²) in [5, 5.41) is 17.2. The standard InChI is InChI=1S/C13H14ClN3O2/c1-8-3-4-9(5-10(8)14)17-13(19)6-12(18)11(16-17)7-15-2/h3-6,15,18H,7H2,1-2H3. The van der Waals surface area contributed by atoms with Gasteiger partial charge < -0.3 is 10.4 Å². The molecule has 5 nitrogen and oxygen atoms in total. The van der Waals surface area contributed by atoms with Crippen molar-refractivity contribution in [1.29, 1.82) is 0 Å². The van der Waals surface area contributed by atoms with E-state index in [9.17, 15) is 9.90 Å². The largest absolute Gasteiger partial charge is 0.506 e. The van der Waals surface area contributed by atoms with Gasteiger partial charge in [-0.25, -0.2) is 0 Å². The Hall–Kier alpha value is -1.85. The van der Waals surface area contributed by atoms with Gasteiger partial charge in [-0.1, -0.05) is 17.7 Å². The maximum atomic E-state index is 11.9. The zero-order chi connectivity index (χ0) is 14.0. The summed E-state index contributed by atoms with van der Waals surface area (Å²) in [5.74, 6) is -0.117. The van der Waals surface area contributed by atoms with Crippen LogP contribution in [0.1, 0.15) is 11.3 Å². The molecule has 0 bridgehead atoms. The van der Waals surface area contributed by atoms with Crippen LogP contribution in [0.3, 0.4) is 0 Å². The van der Waals surface area contributed by atoms with Crippen molar-refractivity contribution in [2.75, 3.05) is 7.05 Å². The van der Waals surface area contributed by atoms with Gasteiger partial charge in [0.15, 0.2) is 0 Å². The first-order valence-electron chi connectivity index (χ1n) is 5.76. The SMILES string of the molecule is CNCc1nn(-c2ccc(C)c(Cl)c2)c(=O)cc1O. The fourth-order valence-corrected chi connectivity index (χ4v) is 1.85. The average molecular weight is 280 g/mol. The number of halogens is 1. The van der Waals surface area contributed by atoms with Crippen molar-refractivity contribution in [3.05, 3.63) is 50.9 Å². The molecule has 0 aliphatic rings. The van der Waals surface area contributed by atoms with E-state index < -0.39 is 5.56 Å². The maximum Gasteiger partial charge on any atom is 0.275 e. The third-order valence-corrected chi connectivity index (χ3v) is 3.14. The highest BCUT2D eigenvalue weighted by Gasteiger charge is 2.09. The Bertz CT molecular complexity index is 667. The minimum atomic E-state index is -0.405. The Kier molecular flexibility index (Phi) is 3.87. The van der Waals surface area contributed by atoms with Crippen molar-refractivity contribution in [2.45, 2.75) is 13.5 Å². The molecule has 0 fully saturated rings. The smallest absolute Gasteiger partial charge is 0.275 e. The Balaban J connectivity index is 2.57. The topological polar surface area (TPSA) is 67.2 Å². The molecule has 0 amide bonds. The number of aromatic nitrogens is 2. The van der Waals surface area contributed by atoms with E-state index in [0.717, 1.165) is 11.6 Å². The van der Waals surface area contributed by atoms with Crippen molar-refractivity contribution in [1.82, 2.24) is 15.1 Å². The second kappa shape index (κ2) is 5.42. The fraction of sp³-hybridized carbons (Fsp3) is 0.231. The Morgan fingerprint density at radius 3 is 2.79 bits per heavy atom. The minimum Gasteiger partial charge on any atom is -0.506 e. The predicted molar refractivity (Wildman–Crippen MR) is 74.0 cm³/mol. The molecule has 0 aliphatic heterocycles. The minimum absolute atomic E-state index is 0.117. The molecule has 1 aromatic heterocycles. The lowest BCUT2D eigenvalue weighted by Gasteiger charge is -2.09. The molecule has 19 heavy (non-hydrogen) atoms. The molecule has 0 unspecified atom stereocenters. The second-order valence-electron chi connectivity index (χ2n) is 4.19. The highest BCUT2D eigenvalue weighted by molar-refractivity contribution is 6.31. The molecule has 0 spiro atoms. The van der Waals surface area contributed by atoms with Crippen LogP contribution in [-0.4, -0.2) is 21.9 Å². The average Bonchev–Trinajstić information content (AvgIpc) is 2.36. The molecule has 100 valence electrons. The molecule has 0 aliphatic carbocycles. The van der Waals surface area contributed by atoms with E-state index in [2.05, 4.69) is 10.4 Å². The lowest BCUT2D eigenvalue weighted by atomic mass is 10.2. The summed E-state index contributed by atoms with van der Waals surface area (Å²) in [6.07, 6.45) is 0. The lowest BCUT2D eigenvalue weighted by Crippen LogP contribution is -2.23. The first kappa shape index (κ1) is 13.6. The van der Waals surface area contributed by atoms with Crippen LogP contribution in [0.5, 0.6) is 5.75 Å². The molecule has 1 aromatic carbocycles.